The predicted molar refractivity (Wildman–Crippen MR) is 123 cm³/mol. The van der Waals surface area contributed by atoms with E-state index in [0.717, 1.165) is 11.3 Å². The van der Waals surface area contributed by atoms with Crippen LogP contribution < -0.4 is 26.8 Å². The van der Waals surface area contributed by atoms with Gasteiger partial charge in [0.05, 0.1) is 0 Å². The van der Waals surface area contributed by atoms with Crippen molar-refractivity contribution >= 4 is 40.2 Å². The number of hydrogen-bond acceptors (Lipinski definition) is 8. The molecule has 0 bridgehead atoms. The highest BCUT2D eigenvalue weighted by molar-refractivity contribution is 7.08. The van der Waals surface area contributed by atoms with Crippen molar-refractivity contribution in [3.05, 3.63) is 73.8 Å². The van der Waals surface area contributed by atoms with Crippen LogP contribution in [0.25, 0.3) is 11.1 Å². The smallest absolute Gasteiger partial charge is 0.253 e. The molecule has 152 valence electrons. The van der Waals surface area contributed by atoms with Gasteiger partial charge < -0.3 is 16.0 Å². The Balaban J connectivity index is 1.50. The van der Waals surface area contributed by atoms with Crippen molar-refractivity contribution < 1.29 is 0 Å². The molecular weight excluding hydrogens is 398 g/mol. The molecule has 0 fully saturated rings. The highest BCUT2D eigenvalue weighted by atomic mass is 32.1. The fraction of sp³-hybridized carbons (Fsp3) is 0.182. The highest BCUT2D eigenvalue weighted by Gasteiger charge is 2.25. The molecule has 0 aliphatic heterocycles. The number of nitrogens with one attached hydrogen (secondary N) is 3. The first kappa shape index (κ1) is 19.8. The van der Waals surface area contributed by atoms with Crippen LogP contribution in [0.3, 0.4) is 0 Å². The minimum Gasteiger partial charge on any atom is -0.375 e. The Labute approximate surface area is 177 Å². The Hall–Kier alpha value is -3.52. The summed E-state index contributed by atoms with van der Waals surface area (Å²) in [6.45, 7) is 5.76. The maximum Gasteiger partial charge on any atom is 0.253 e. The van der Waals surface area contributed by atoms with E-state index in [0.29, 0.717) is 11.8 Å². The van der Waals surface area contributed by atoms with E-state index < -0.39 is 10.9 Å². The van der Waals surface area contributed by atoms with Gasteiger partial charge in [-0.1, -0.05) is 12.1 Å². The average Bonchev–Trinajstić information content (AvgIpc) is 3.25. The summed E-state index contributed by atoms with van der Waals surface area (Å²) in [5, 5.41) is 13.3. The highest BCUT2D eigenvalue weighted by Crippen LogP contribution is 2.25. The summed E-state index contributed by atoms with van der Waals surface area (Å²) >= 11 is 1.66. The van der Waals surface area contributed by atoms with Crippen molar-refractivity contribution in [2.45, 2.75) is 26.3 Å². The molecule has 2 heterocycles. The van der Waals surface area contributed by atoms with Crippen molar-refractivity contribution in [3.63, 3.8) is 0 Å². The van der Waals surface area contributed by atoms with Gasteiger partial charge in [0.25, 0.3) is 10.9 Å². The fourth-order valence-corrected chi connectivity index (χ4v) is 3.59. The van der Waals surface area contributed by atoms with Crippen LogP contribution in [-0.2, 0) is 0 Å². The summed E-state index contributed by atoms with van der Waals surface area (Å²) in [5.74, 6) is 0.804. The third-order valence-electron chi connectivity index (χ3n) is 4.31. The second-order valence-electron chi connectivity index (χ2n) is 7.89. The summed E-state index contributed by atoms with van der Waals surface area (Å²) in [4.78, 5) is 32.5. The molecule has 2 aromatic carbocycles. The van der Waals surface area contributed by atoms with E-state index in [-0.39, 0.29) is 16.9 Å². The molecule has 0 unspecified atom stereocenters. The van der Waals surface area contributed by atoms with E-state index in [4.69, 9.17) is 0 Å². The van der Waals surface area contributed by atoms with Gasteiger partial charge in [-0.2, -0.15) is 16.3 Å². The van der Waals surface area contributed by atoms with Crippen LogP contribution in [0.4, 0.5) is 28.8 Å². The molecule has 4 rings (SSSR count). The average molecular weight is 420 g/mol. The Kier molecular flexibility index (Phi) is 5.09. The fourth-order valence-electron chi connectivity index (χ4n) is 2.93. The number of anilines is 5. The quantitative estimate of drug-likeness (QED) is 0.396. The number of hydrogen-bond donors (Lipinski definition) is 3. The number of nitrogens with zero attached hydrogens (tertiary/aromatic N) is 2. The first-order valence-electron chi connectivity index (χ1n) is 9.41. The molecule has 3 N–H and O–H groups in total. The molecule has 0 radical (unpaired) electrons. The molecule has 0 saturated carbocycles. The Bertz CT molecular complexity index is 1230. The van der Waals surface area contributed by atoms with E-state index in [1.165, 1.54) is 5.56 Å². The van der Waals surface area contributed by atoms with Gasteiger partial charge in [-0.3, -0.25) is 9.59 Å². The minimum atomic E-state index is -0.557. The third kappa shape index (κ3) is 4.23. The van der Waals surface area contributed by atoms with E-state index in [9.17, 15) is 9.59 Å². The van der Waals surface area contributed by atoms with Gasteiger partial charge in [0, 0.05) is 17.4 Å². The van der Waals surface area contributed by atoms with Crippen LogP contribution in [0.2, 0.25) is 0 Å². The van der Waals surface area contributed by atoms with E-state index in [1.807, 2.05) is 50.4 Å². The number of rotatable bonds is 6. The van der Waals surface area contributed by atoms with Gasteiger partial charge >= 0.3 is 0 Å². The zero-order valence-corrected chi connectivity index (χ0v) is 17.6. The second kappa shape index (κ2) is 7.72. The van der Waals surface area contributed by atoms with E-state index in [2.05, 4.69) is 37.4 Å². The van der Waals surface area contributed by atoms with Crippen LogP contribution in [-0.4, -0.2) is 15.5 Å². The van der Waals surface area contributed by atoms with Crippen LogP contribution in [0.1, 0.15) is 20.8 Å². The second-order valence-corrected chi connectivity index (χ2v) is 8.67. The molecule has 0 aliphatic carbocycles. The van der Waals surface area contributed by atoms with Gasteiger partial charge in [0.2, 0.25) is 5.95 Å². The molecule has 0 aliphatic rings. The largest absolute Gasteiger partial charge is 0.375 e. The predicted octanol–water partition coefficient (Wildman–Crippen LogP) is 4.50. The molecule has 8 heteroatoms. The van der Waals surface area contributed by atoms with E-state index >= 15 is 0 Å². The van der Waals surface area contributed by atoms with Crippen LogP contribution in [0.15, 0.2) is 62.9 Å². The zero-order chi connectivity index (χ0) is 21.3. The Morgan fingerprint density at radius 2 is 1.60 bits per heavy atom. The summed E-state index contributed by atoms with van der Waals surface area (Å²) in [6, 6.07) is 11.7. The van der Waals surface area contributed by atoms with Crippen LogP contribution in [0, 0.1) is 0 Å². The lowest BCUT2D eigenvalue weighted by Gasteiger charge is -2.24. The molecule has 0 saturated heterocycles. The molecule has 7 nitrogen and oxygen atoms in total. The molecule has 0 amide bonds. The van der Waals surface area contributed by atoms with Gasteiger partial charge in [-0.15, -0.1) is 0 Å². The molecule has 4 aromatic rings. The monoisotopic (exact) mass is 419 g/mol. The summed E-state index contributed by atoms with van der Waals surface area (Å²) in [5.41, 5.74) is 2.24. The van der Waals surface area contributed by atoms with Crippen molar-refractivity contribution in [2.24, 2.45) is 0 Å². The van der Waals surface area contributed by atoms with E-state index in [1.54, 1.807) is 23.6 Å². The first-order chi connectivity index (χ1) is 14.3. The lowest BCUT2D eigenvalue weighted by Crippen LogP contribution is -2.41. The summed E-state index contributed by atoms with van der Waals surface area (Å²) in [7, 11) is 0. The number of benzene rings is 1. The summed E-state index contributed by atoms with van der Waals surface area (Å²) in [6.07, 6.45) is 1.58. The number of thiophene rings is 1. The van der Waals surface area contributed by atoms with Crippen LogP contribution >= 0.6 is 11.3 Å². The topological polar surface area (TPSA) is 96.0 Å². The lowest BCUT2D eigenvalue weighted by atomic mass is 10.1. The maximum atomic E-state index is 12.0. The normalized spacial score (nSPS) is 11.4. The lowest BCUT2D eigenvalue weighted by molar-refractivity contribution is 0.632. The van der Waals surface area contributed by atoms with Crippen LogP contribution in [0.5, 0.6) is 0 Å². The third-order valence-corrected chi connectivity index (χ3v) is 5.00. The molecule has 0 spiro atoms. The van der Waals surface area contributed by atoms with Crippen molar-refractivity contribution in [3.8, 4) is 11.1 Å². The molecule has 2 aromatic heterocycles. The Morgan fingerprint density at radius 1 is 0.867 bits per heavy atom. The summed E-state index contributed by atoms with van der Waals surface area (Å²) < 4.78 is 0. The molecular formula is C22H21N5O2S. The van der Waals surface area contributed by atoms with Crippen molar-refractivity contribution in [1.29, 1.82) is 0 Å². The zero-order valence-electron chi connectivity index (χ0n) is 16.8. The standard InChI is InChI=1S/C22H21N5O2S/c1-22(2,3)27-18-17(19(28)20(18)29)25-16-8-10-23-21(26-16)24-15-6-4-13(5-7-15)14-9-11-30-12-14/h4-12,27H,1-3H3,(H2,23,24,25,26). The van der Waals surface area contributed by atoms with Crippen molar-refractivity contribution in [1.82, 2.24) is 9.97 Å². The van der Waals surface area contributed by atoms with Gasteiger partial charge in [0.1, 0.15) is 17.2 Å². The maximum absolute atomic E-state index is 12.0. The first-order valence-corrected chi connectivity index (χ1v) is 10.4. The molecule has 30 heavy (non-hydrogen) atoms. The van der Waals surface area contributed by atoms with Gasteiger partial charge in [0.15, 0.2) is 0 Å². The minimum absolute atomic E-state index is 0.222. The van der Waals surface area contributed by atoms with Crippen molar-refractivity contribution in [2.75, 3.05) is 16.0 Å². The SMILES string of the molecule is CC(C)(C)Nc1c(Nc2ccnc(Nc3ccc(-c4ccsc4)cc3)n2)c(=O)c1=O. The molecule has 0 atom stereocenters. The number of aromatic nitrogens is 2. The van der Waals surface area contributed by atoms with Gasteiger partial charge in [-0.05, 0) is 66.9 Å². The Morgan fingerprint density at radius 3 is 2.27 bits per heavy atom. The van der Waals surface area contributed by atoms with Gasteiger partial charge in [-0.25, -0.2) is 4.98 Å².